The molecule has 124 valence electrons. The predicted molar refractivity (Wildman–Crippen MR) is 96.0 cm³/mol. The average molecular weight is 366 g/mol. The molecule has 0 bridgehead atoms. The van der Waals surface area contributed by atoms with Crippen LogP contribution in [-0.4, -0.2) is 43.7 Å². The van der Waals surface area contributed by atoms with Crippen LogP contribution in [-0.2, 0) is 4.74 Å². The molecule has 0 radical (unpaired) electrons. The molecule has 2 fully saturated rings. The number of benzene rings is 1. The number of nitrogens with one attached hydrogen (secondary N) is 1. The summed E-state index contributed by atoms with van der Waals surface area (Å²) in [7, 11) is 0. The van der Waals surface area contributed by atoms with Crippen LogP contribution in [0.15, 0.2) is 18.2 Å². The molecule has 1 aromatic rings. The molecule has 22 heavy (non-hydrogen) atoms. The number of nitrogens with zero attached hydrogens (tertiary/aromatic N) is 2. The number of fused-ring (bicyclic) bond motifs is 1. The number of rotatable bonds is 1. The maximum atomic E-state index is 13.6. The van der Waals surface area contributed by atoms with E-state index < -0.39 is 5.82 Å². The molecule has 3 rings (SSSR count). The lowest BCUT2D eigenvalue weighted by Crippen LogP contribution is -2.57. The van der Waals surface area contributed by atoms with Gasteiger partial charge >= 0.3 is 0 Å². The Hall–Kier alpha value is -0.490. The Morgan fingerprint density at radius 1 is 1.36 bits per heavy atom. The Balaban J connectivity index is 0.00000147. The van der Waals surface area contributed by atoms with Gasteiger partial charge in [-0.05, 0) is 17.7 Å². The zero-order chi connectivity index (χ0) is 13.2. The molecule has 0 saturated carbocycles. The fourth-order valence-corrected chi connectivity index (χ4v) is 2.72. The van der Waals surface area contributed by atoms with E-state index in [9.17, 15) is 4.39 Å². The highest BCUT2D eigenvalue weighted by molar-refractivity contribution is 7.59. The van der Waals surface area contributed by atoms with Gasteiger partial charge in [0.15, 0.2) is 0 Å². The van der Waals surface area contributed by atoms with Crippen molar-refractivity contribution in [3.05, 3.63) is 35.1 Å². The predicted octanol–water partition coefficient (Wildman–Crippen LogP) is 1.69. The van der Waals surface area contributed by atoms with E-state index in [2.05, 4.69) is 10.2 Å². The molecule has 1 N–H and O–H groups in total. The average Bonchev–Trinajstić information content (AvgIpc) is 2.46. The Labute approximate surface area is 150 Å². The van der Waals surface area contributed by atoms with Gasteiger partial charge in [-0.2, -0.15) is 32.3 Å². The number of halogens is 2. The minimum Gasteiger partial charge on any atom is -0.371 e. The van der Waals surface area contributed by atoms with Crippen LogP contribution >= 0.6 is 39.4 Å². The molecule has 0 amide bonds. The van der Waals surface area contributed by atoms with Crippen LogP contribution in [0.5, 0.6) is 0 Å². The summed E-state index contributed by atoms with van der Waals surface area (Å²) < 4.78 is 19.5. The SMILES string of the molecule is Cl.N#Cc1ccc([C@H]2CN3CCNC[C@H]3CO2)cc1F.S.S. The molecule has 8 heteroatoms. The first-order valence-electron chi connectivity index (χ1n) is 6.54. The van der Waals surface area contributed by atoms with Gasteiger partial charge in [-0.3, -0.25) is 4.90 Å². The van der Waals surface area contributed by atoms with Gasteiger partial charge in [-0.25, -0.2) is 4.39 Å². The van der Waals surface area contributed by atoms with E-state index >= 15 is 0 Å². The number of piperazine rings is 1. The second-order valence-corrected chi connectivity index (χ2v) is 5.03. The third-order valence-electron chi connectivity index (χ3n) is 3.85. The van der Waals surface area contributed by atoms with E-state index in [1.54, 1.807) is 6.07 Å². The van der Waals surface area contributed by atoms with Gasteiger partial charge in [0.1, 0.15) is 11.9 Å². The van der Waals surface area contributed by atoms with E-state index in [-0.39, 0.29) is 51.1 Å². The lowest BCUT2D eigenvalue weighted by Gasteiger charge is -2.42. The summed E-state index contributed by atoms with van der Waals surface area (Å²) in [6, 6.07) is 7.00. The van der Waals surface area contributed by atoms with Gasteiger partial charge in [0, 0.05) is 32.2 Å². The van der Waals surface area contributed by atoms with Crippen molar-refractivity contribution < 1.29 is 9.13 Å². The van der Waals surface area contributed by atoms with E-state index in [0.717, 1.165) is 31.7 Å². The monoisotopic (exact) mass is 365 g/mol. The quantitative estimate of drug-likeness (QED) is 0.822. The fraction of sp³-hybridized carbons (Fsp3) is 0.500. The van der Waals surface area contributed by atoms with E-state index in [1.165, 1.54) is 12.1 Å². The number of hydrogen-bond donors (Lipinski definition) is 1. The smallest absolute Gasteiger partial charge is 0.141 e. The molecule has 0 aliphatic carbocycles. The normalized spacial score (nSPS) is 23.8. The van der Waals surface area contributed by atoms with Crippen LogP contribution in [0.3, 0.4) is 0 Å². The minimum absolute atomic E-state index is 0. The van der Waals surface area contributed by atoms with Gasteiger partial charge in [0.05, 0.1) is 18.3 Å². The Bertz CT molecular complexity index is 529. The van der Waals surface area contributed by atoms with Gasteiger partial charge in [-0.15, -0.1) is 12.4 Å². The van der Waals surface area contributed by atoms with Crippen molar-refractivity contribution in [3.63, 3.8) is 0 Å². The molecule has 2 aliphatic heterocycles. The van der Waals surface area contributed by atoms with Crippen molar-refractivity contribution >= 4 is 39.4 Å². The van der Waals surface area contributed by atoms with Gasteiger partial charge < -0.3 is 10.1 Å². The number of nitriles is 1. The maximum Gasteiger partial charge on any atom is 0.141 e. The summed E-state index contributed by atoms with van der Waals surface area (Å²) in [5.41, 5.74) is 0.896. The van der Waals surface area contributed by atoms with Crippen LogP contribution in [0.1, 0.15) is 17.2 Å². The summed E-state index contributed by atoms with van der Waals surface area (Å²) in [6.45, 7) is 4.40. The second kappa shape index (κ2) is 9.60. The first-order chi connectivity index (χ1) is 9.28. The number of ether oxygens (including phenoxy) is 1. The van der Waals surface area contributed by atoms with Crippen LogP contribution in [0.2, 0.25) is 0 Å². The zero-order valence-corrected chi connectivity index (χ0v) is 14.8. The minimum atomic E-state index is -0.467. The van der Waals surface area contributed by atoms with E-state index in [0.29, 0.717) is 12.6 Å². The topological polar surface area (TPSA) is 48.3 Å². The second-order valence-electron chi connectivity index (χ2n) is 5.03. The molecular weight excluding hydrogens is 345 g/mol. The van der Waals surface area contributed by atoms with Gasteiger partial charge in [-0.1, -0.05) is 6.07 Å². The van der Waals surface area contributed by atoms with Crippen LogP contribution in [0, 0.1) is 17.1 Å². The van der Waals surface area contributed by atoms with Crippen molar-refractivity contribution in [2.45, 2.75) is 12.1 Å². The van der Waals surface area contributed by atoms with Gasteiger partial charge in [0.2, 0.25) is 0 Å². The summed E-state index contributed by atoms with van der Waals surface area (Å²) >= 11 is 0. The van der Waals surface area contributed by atoms with Crippen LogP contribution < -0.4 is 5.32 Å². The third-order valence-corrected chi connectivity index (χ3v) is 3.85. The van der Waals surface area contributed by atoms with Gasteiger partial charge in [0.25, 0.3) is 0 Å². The first kappa shape index (κ1) is 21.5. The standard InChI is InChI=1S/C14H16FN3O.ClH.2H2S/c15-13-5-10(1-2-11(13)6-16)14-8-18-4-3-17-7-12(18)9-19-14;;;/h1-2,5,12,14,17H,3-4,7-9H2;1H;2*1H2/t12-,14+;;;/m0.../s1. The molecular formula is C14H21ClFN3OS2. The highest BCUT2D eigenvalue weighted by Gasteiger charge is 2.31. The van der Waals surface area contributed by atoms with Crippen molar-refractivity contribution in [2.75, 3.05) is 32.8 Å². The van der Waals surface area contributed by atoms with Crippen molar-refractivity contribution in [1.82, 2.24) is 10.2 Å². The highest BCUT2D eigenvalue weighted by Crippen LogP contribution is 2.26. The first-order valence-corrected chi connectivity index (χ1v) is 6.54. The molecule has 0 unspecified atom stereocenters. The van der Waals surface area contributed by atoms with Crippen LogP contribution in [0.4, 0.5) is 4.39 Å². The Kier molecular flexibility index (Phi) is 9.39. The summed E-state index contributed by atoms with van der Waals surface area (Å²) in [5.74, 6) is -0.467. The maximum absolute atomic E-state index is 13.6. The number of morpholine rings is 1. The summed E-state index contributed by atoms with van der Waals surface area (Å²) in [4.78, 5) is 2.39. The number of hydrogen-bond acceptors (Lipinski definition) is 4. The lowest BCUT2D eigenvalue weighted by molar-refractivity contribution is -0.0718. The molecule has 2 saturated heterocycles. The molecule has 2 heterocycles. The molecule has 2 atom stereocenters. The highest BCUT2D eigenvalue weighted by atomic mass is 35.5. The summed E-state index contributed by atoms with van der Waals surface area (Å²) in [6.07, 6.45) is -0.100. The molecule has 2 aliphatic rings. The van der Waals surface area contributed by atoms with Crippen molar-refractivity contribution in [2.24, 2.45) is 0 Å². The van der Waals surface area contributed by atoms with E-state index in [4.69, 9.17) is 10.00 Å². The fourth-order valence-electron chi connectivity index (χ4n) is 2.72. The zero-order valence-electron chi connectivity index (χ0n) is 12.0. The van der Waals surface area contributed by atoms with Crippen molar-refractivity contribution in [1.29, 1.82) is 5.26 Å². The largest absolute Gasteiger partial charge is 0.371 e. The third kappa shape index (κ3) is 4.51. The lowest BCUT2D eigenvalue weighted by atomic mass is 10.0. The van der Waals surface area contributed by atoms with Crippen molar-refractivity contribution in [3.8, 4) is 6.07 Å². The Morgan fingerprint density at radius 3 is 2.82 bits per heavy atom. The molecule has 1 aromatic carbocycles. The molecule has 4 nitrogen and oxygen atoms in total. The van der Waals surface area contributed by atoms with Crippen LogP contribution in [0.25, 0.3) is 0 Å². The Morgan fingerprint density at radius 2 is 2.14 bits per heavy atom. The molecule has 0 aromatic heterocycles. The van der Waals surface area contributed by atoms with E-state index in [1.807, 2.05) is 6.07 Å². The summed E-state index contributed by atoms with van der Waals surface area (Å²) in [5, 5.41) is 12.1. The molecule has 0 spiro atoms.